The lowest BCUT2D eigenvalue weighted by Crippen LogP contribution is -2.39. The maximum atomic E-state index is 14.4. The summed E-state index contributed by atoms with van der Waals surface area (Å²) >= 11 is 12.0. The molecule has 4 rings (SSSR count). The highest BCUT2D eigenvalue weighted by Gasteiger charge is 2.28. The fourth-order valence-electron chi connectivity index (χ4n) is 4.01. The SMILES string of the molecule is COc1cc2nc(Nc3c(Cl)ccc(Cl)c3F)[nH]c2cc1C(=O)NC1CCC(C)(C)CC1. The molecule has 0 spiro atoms. The van der Waals surface area contributed by atoms with E-state index in [1.54, 1.807) is 12.1 Å². The highest BCUT2D eigenvalue weighted by Crippen LogP contribution is 2.36. The summed E-state index contributed by atoms with van der Waals surface area (Å²) in [5, 5.41) is 6.07. The Labute approximate surface area is 195 Å². The highest BCUT2D eigenvalue weighted by atomic mass is 35.5. The van der Waals surface area contributed by atoms with E-state index < -0.39 is 5.82 Å². The first-order valence-corrected chi connectivity index (χ1v) is 11.2. The Morgan fingerprint density at radius 3 is 2.59 bits per heavy atom. The number of rotatable bonds is 5. The number of hydrogen-bond acceptors (Lipinski definition) is 4. The van der Waals surface area contributed by atoms with Crippen LogP contribution in [0.25, 0.3) is 11.0 Å². The van der Waals surface area contributed by atoms with Crippen molar-refractivity contribution in [3.05, 3.63) is 45.7 Å². The molecule has 0 aliphatic heterocycles. The first-order valence-electron chi connectivity index (χ1n) is 10.5. The Hall–Kier alpha value is -2.51. The number of aromatic nitrogens is 2. The second-order valence-electron chi connectivity index (χ2n) is 8.91. The molecule has 1 fully saturated rings. The summed E-state index contributed by atoms with van der Waals surface area (Å²) in [6.45, 7) is 4.52. The Morgan fingerprint density at radius 2 is 1.91 bits per heavy atom. The summed E-state index contributed by atoms with van der Waals surface area (Å²) in [6.07, 6.45) is 4.05. The van der Waals surface area contributed by atoms with Crippen LogP contribution in [0.3, 0.4) is 0 Å². The number of nitrogens with one attached hydrogen (secondary N) is 3. The van der Waals surface area contributed by atoms with Crippen molar-refractivity contribution in [2.24, 2.45) is 5.41 Å². The third-order valence-electron chi connectivity index (χ3n) is 6.01. The third kappa shape index (κ3) is 4.64. The van der Waals surface area contributed by atoms with Crippen molar-refractivity contribution in [3.63, 3.8) is 0 Å². The fraction of sp³-hybridized carbons (Fsp3) is 0.391. The van der Waals surface area contributed by atoms with Crippen LogP contribution >= 0.6 is 23.2 Å². The number of carbonyl (C=O) groups excluding carboxylic acids is 1. The molecule has 1 aromatic heterocycles. The number of amides is 1. The summed E-state index contributed by atoms with van der Waals surface area (Å²) < 4.78 is 19.8. The summed E-state index contributed by atoms with van der Waals surface area (Å²) in [6, 6.07) is 6.38. The molecule has 9 heteroatoms. The van der Waals surface area contributed by atoms with Crippen molar-refractivity contribution in [2.75, 3.05) is 12.4 Å². The molecule has 2 aromatic carbocycles. The lowest BCUT2D eigenvalue weighted by molar-refractivity contribution is 0.0906. The summed E-state index contributed by atoms with van der Waals surface area (Å²) in [7, 11) is 1.51. The number of anilines is 2. The van der Waals surface area contributed by atoms with Crippen LogP contribution in [-0.4, -0.2) is 29.0 Å². The number of hydrogen-bond donors (Lipinski definition) is 3. The number of carbonyl (C=O) groups is 1. The van der Waals surface area contributed by atoms with Crippen LogP contribution in [0.1, 0.15) is 49.9 Å². The van der Waals surface area contributed by atoms with Crippen LogP contribution in [0, 0.1) is 11.2 Å². The molecule has 170 valence electrons. The van der Waals surface area contributed by atoms with Gasteiger partial charge >= 0.3 is 0 Å². The number of halogens is 3. The number of aromatic amines is 1. The molecule has 1 heterocycles. The molecule has 1 aliphatic carbocycles. The molecule has 3 N–H and O–H groups in total. The number of ether oxygens (including phenoxy) is 1. The van der Waals surface area contributed by atoms with Gasteiger partial charge in [0.1, 0.15) is 5.75 Å². The molecule has 0 atom stereocenters. The van der Waals surface area contributed by atoms with Gasteiger partial charge in [0.15, 0.2) is 5.82 Å². The van der Waals surface area contributed by atoms with Gasteiger partial charge in [0, 0.05) is 12.1 Å². The van der Waals surface area contributed by atoms with E-state index in [1.165, 1.54) is 19.2 Å². The van der Waals surface area contributed by atoms with Crippen LogP contribution in [0.15, 0.2) is 24.3 Å². The molecule has 0 bridgehead atoms. The summed E-state index contributed by atoms with van der Waals surface area (Å²) in [4.78, 5) is 20.5. The minimum absolute atomic E-state index is 0.0170. The quantitative estimate of drug-likeness (QED) is 0.367. The molecule has 0 saturated heterocycles. The van der Waals surface area contributed by atoms with Gasteiger partial charge in [-0.05, 0) is 49.3 Å². The topological polar surface area (TPSA) is 79.0 Å². The molecule has 3 aromatic rings. The Bertz CT molecular complexity index is 1170. The molecule has 0 unspecified atom stereocenters. The first kappa shape index (κ1) is 22.7. The number of benzene rings is 2. The minimum atomic E-state index is -0.673. The van der Waals surface area contributed by atoms with Crippen molar-refractivity contribution < 1.29 is 13.9 Å². The van der Waals surface area contributed by atoms with E-state index in [2.05, 4.69) is 34.4 Å². The predicted octanol–water partition coefficient (Wildman–Crippen LogP) is 6.46. The van der Waals surface area contributed by atoms with E-state index in [9.17, 15) is 9.18 Å². The molecule has 1 saturated carbocycles. The normalized spacial score (nSPS) is 16.2. The van der Waals surface area contributed by atoms with Gasteiger partial charge in [0.25, 0.3) is 5.91 Å². The molecular weight excluding hydrogens is 454 g/mol. The number of imidazole rings is 1. The van der Waals surface area contributed by atoms with Crippen molar-refractivity contribution >= 4 is 51.8 Å². The predicted molar refractivity (Wildman–Crippen MR) is 126 cm³/mol. The monoisotopic (exact) mass is 478 g/mol. The molecule has 32 heavy (non-hydrogen) atoms. The van der Waals surface area contributed by atoms with Crippen molar-refractivity contribution in [3.8, 4) is 5.75 Å². The van der Waals surface area contributed by atoms with E-state index in [0.29, 0.717) is 27.8 Å². The van der Waals surface area contributed by atoms with E-state index in [-0.39, 0.29) is 33.6 Å². The lowest BCUT2D eigenvalue weighted by Gasteiger charge is -2.34. The smallest absolute Gasteiger partial charge is 0.255 e. The van der Waals surface area contributed by atoms with Crippen LogP contribution in [0.5, 0.6) is 5.75 Å². The minimum Gasteiger partial charge on any atom is -0.496 e. The zero-order valence-corrected chi connectivity index (χ0v) is 19.6. The van der Waals surface area contributed by atoms with Crippen LogP contribution in [0.2, 0.25) is 10.0 Å². The first-order chi connectivity index (χ1) is 15.2. The second-order valence-corrected chi connectivity index (χ2v) is 9.72. The zero-order valence-electron chi connectivity index (χ0n) is 18.1. The summed E-state index contributed by atoms with van der Waals surface area (Å²) in [5.41, 5.74) is 1.90. The lowest BCUT2D eigenvalue weighted by atomic mass is 9.75. The van der Waals surface area contributed by atoms with Gasteiger partial charge in [-0.25, -0.2) is 9.37 Å². The van der Waals surface area contributed by atoms with Gasteiger partial charge in [0.2, 0.25) is 5.95 Å². The average molecular weight is 479 g/mol. The Kier molecular flexibility index (Phi) is 6.23. The fourth-order valence-corrected chi connectivity index (χ4v) is 4.36. The van der Waals surface area contributed by atoms with Crippen molar-refractivity contribution in [1.82, 2.24) is 15.3 Å². The van der Waals surface area contributed by atoms with Gasteiger partial charge in [-0.2, -0.15) is 0 Å². The molecule has 0 radical (unpaired) electrons. The Morgan fingerprint density at radius 1 is 1.22 bits per heavy atom. The maximum absolute atomic E-state index is 14.4. The van der Waals surface area contributed by atoms with Crippen LogP contribution in [-0.2, 0) is 0 Å². The molecular formula is C23H25Cl2FN4O2. The zero-order chi connectivity index (χ0) is 23.0. The molecule has 1 amide bonds. The number of methoxy groups -OCH3 is 1. The van der Waals surface area contributed by atoms with Crippen LogP contribution < -0.4 is 15.4 Å². The average Bonchev–Trinajstić information content (AvgIpc) is 3.16. The number of H-pyrrole nitrogens is 1. The van der Waals surface area contributed by atoms with Gasteiger partial charge in [-0.15, -0.1) is 0 Å². The number of nitrogens with zero attached hydrogens (tertiary/aromatic N) is 1. The van der Waals surface area contributed by atoms with E-state index >= 15 is 0 Å². The van der Waals surface area contributed by atoms with Gasteiger partial charge in [0.05, 0.1) is 39.4 Å². The Balaban J connectivity index is 1.59. The molecule has 1 aliphatic rings. The van der Waals surface area contributed by atoms with Crippen molar-refractivity contribution in [2.45, 2.75) is 45.6 Å². The third-order valence-corrected chi connectivity index (χ3v) is 6.62. The van der Waals surface area contributed by atoms with Gasteiger partial charge < -0.3 is 20.4 Å². The van der Waals surface area contributed by atoms with Crippen molar-refractivity contribution in [1.29, 1.82) is 0 Å². The highest BCUT2D eigenvalue weighted by molar-refractivity contribution is 6.35. The van der Waals surface area contributed by atoms with Crippen LogP contribution in [0.4, 0.5) is 16.0 Å². The van der Waals surface area contributed by atoms with E-state index in [0.717, 1.165) is 25.7 Å². The standard InChI is InChI=1S/C23H25Cl2FN4O2/c1-23(2)8-6-12(7-9-23)27-21(31)13-10-16-17(11-18(13)32-3)29-22(28-16)30-20-15(25)5-4-14(24)19(20)26/h4-5,10-12H,6-9H2,1-3H3,(H,27,31)(H2,28,29,30). The van der Waals surface area contributed by atoms with E-state index in [4.69, 9.17) is 27.9 Å². The van der Waals surface area contributed by atoms with Gasteiger partial charge in [-0.1, -0.05) is 37.0 Å². The van der Waals surface area contributed by atoms with Gasteiger partial charge in [-0.3, -0.25) is 4.79 Å². The second kappa shape index (κ2) is 8.79. The maximum Gasteiger partial charge on any atom is 0.255 e. The largest absolute Gasteiger partial charge is 0.496 e. The summed E-state index contributed by atoms with van der Waals surface area (Å²) in [5.74, 6) is -0.192. The molecule has 6 nitrogen and oxygen atoms in total. The number of fused-ring (bicyclic) bond motifs is 1. The van der Waals surface area contributed by atoms with E-state index in [1.807, 2.05) is 0 Å².